The molecule has 0 bridgehead atoms. The van der Waals surface area contributed by atoms with E-state index in [0.717, 1.165) is 38.7 Å². The number of hydrogen-bond donors (Lipinski definition) is 2. The van der Waals surface area contributed by atoms with Gasteiger partial charge in [0, 0.05) is 56.2 Å². The molecule has 3 rings (SSSR count). The zero-order valence-electron chi connectivity index (χ0n) is 17.6. The summed E-state index contributed by atoms with van der Waals surface area (Å²) in [5.74, 6) is 1.62. The van der Waals surface area contributed by atoms with Crippen LogP contribution in [0.1, 0.15) is 53.4 Å². The van der Waals surface area contributed by atoms with Gasteiger partial charge in [-0.3, -0.25) is 9.89 Å². The fourth-order valence-electron chi connectivity index (χ4n) is 5.06. The van der Waals surface area contributed by atoms with Crippen LogP contribution in [0.25, 0.3) is 0 Å². The summed E-state index contributed by atoms with van der Waals surface area (Å²) in [6, 6.07) is 0.963. The normalized spacial score (nSPS) is 31.3. The molecule has 0 aromatic rings. The Hall–Kier alpha value is -0.340. The van der Waals surface area contributed by atoms with Crippen LogP contribution in [-0.2, 0) is 4.74 Å². The molecule has 6 heteroatoms. The molecule has 156 valence electrons. The summed E-state index contributed by atoms with van der Waals surface area (Å²) in [5.41, 5.74) is 1.43. The van der Waals surface area contributed by atoms with Crippen molar-refractivity contribution in [2.45, 2.75) is 71.6 Å². The van der Waals surface area contributed by atoms with Crippen LogP contribution in [0.4, 0.5) is 0 Å². The van der Waals surface area contributed by atoms with E-state index in [0.29, 0.717) is 24.1 Å². The molecule has 3 unspecified atom stereocenters. The summed E-state index contributed by atoms with van der Waals surface area (Å²) in [6.45, 7) is 18.0. The lowest BCUT2D eigenvalue weighted by atomic mass is 9.55. The lowest BCUT2D eigenvalue weighted by Gasteiger charge is -2.60. The van der Waals surface area contributed by atoms with Crippen molar-refractivity contribution in [3.63, 3.8) is 0 Å². The number of guanidine groups is 1. The van der Waals surface area contributed by atoms with Gasteiger partial charge in [0.15, 0.2) is 5.96 Å². The lowest BCUT2D eigenvalue weighted by Crippen LogP contribution is -2.71. The Labute approximate surface area is 182 Å². The maximum Gasteiger partial charge on any atom is 0.191 e. The topological polar surface area (TPSA) is 48.9 Å². The van der Waals surface area contributed by atoms with Crippen molar-refractivity contribution in [1.29, 1.82) is 0 Å². The van der Waals surface area contributed by atoms with Crippen LogP contribution in [0.5, 0.6) is 0 Å². The molecule has 2 N–H and O–H groups in total. The number of nitrogens with zero attached hydrogens (tertiary/aromatic N) is 2. The van der Waals surface area contributed by atoms with E-state index in [1.165, 1.54) is 31.3 Å². The van der Waals surface area contributed by atoms with Gasteiger partial charge < -0.3 is 15.4 Å². The van der Waals surface area contributed by atoms with Gasteiger partial charge in [-0.1, -0.05) is 26.0 Å². The van der Waals surface area contributed by atoms with E-state index in [1.807, 2.05) is 0 Å². The number of piperidine rings is 1. The summed E-state index contributed by atoms with van der Waals surface area (Å²) < 4.78 is 6.04. The van der Waals surface area contributed by atoms with Gasteiger partial charge in [-0.25, -0.2) is 0 Å². The minimum absolute atomic E-state index is 0. The second-order valence-corrected chi connectivity index (χ2v) is 9.02. The van der Waals surface area contributed by atoms with Crippen molar-refractivity contribution in [1.82, 2.24) is 15.5 Å². The van der Waals surface area contributed by atoms with E-state index >= 15 is 0 Å². The molecule has 2 saturated heterocycles. The molecule has 2 heterocycles. The maximum absolute atomic E-state index is 6.04. The largest absolute Gasteiger partial charge is 0.377 e. The SMILES string of the molecule is C=C(C)CN1CCC(NC(=NCC)NC2C3CCCOC3C2(C)C)CC1.I. The minimum Gasteiger partial charge on any atom is -0.377 e. The van der Waals surface area contributed by atoms with Gasteiger partial charge in [0.05, 0.1) is 6.10 Å². The summed E-state index contributed by atoms with van der Waals surface area (Å²) in [7, 11) is 0. The second-order valence-electron chi connectivity index (χ2n) is 9.02. The van der Waals surface area contributed by atoms with E-state index in [2.05, 4.69) is 49.8 Å². The standard InChI is InChI=1S/C21H38N4O.HI/c1-6-22-20(23-16-9-11-25(12-10-16)14-15(2)3)24-18-17-8-7-13-26-19(17)21(18,4)5;/h16-19H,2,6-14H2,1,3-5H3,(H2,22,23,24);1H. The highest BCUT2D eigenvalue weighted by Gasteiger charge is 2.58. The third-order valence-electron chi connectivity index (χ3n) is 6.36. The maximum atomic E-state index is 6.04. The van der Waals surface area contributed by atoms with E-state index in [-0.39, 0.29) is 29.4 Å². The third-order valence-corrected chi connectivity index (χ3v) is 6.36. The van der Waals surface area contributed by atoms with Crippen molar-refractivity contribution >= 4 is 29.9 Å². The predicted octanol–water partition coefficient (Wildman–Crippen LogP) is 3.40. The summed E-state index contributed by atoms with van der Waals surface area (Å²) >= 11 is 0. The summed E-state index contributed by atoms with van der Waals surface area (Å²) in [4.78, 5) is 7.24. The number of ether oxygens (including phenoxy) is 1. The van der Waals surface area contributed by atoms with Crippen molar-refractivity contribution in [2.24, 2.45) is 16.3 Å². The number of likely N-dealkylation sites (tertiary alicyclic amines) is 1. The Bertz CT molecular complexity index is 528. The Morgan fingerprint density at radius 3 is 2.56 bits per heavy atom. The van der Waals surface area contributed by atoms with Gasteiger partial charge in [0.1, 0.15) is 0 Å². The number of rotatable bonds is 5. The third kappa shape index (κ3) is 5.38. The van der Waals surface area contributed by atoms with Gasteiger partial charge in [-0.2, -0.15) is 0 Å². The Morgan fingerprint density at radius 2 is 1.93 bits per heavy atom. The van der Waals surface area contributed by atoms with Crippen LogP contribution < -0.4 is 10.6 Å². The van der Waals surface area contributed by atoms with Gasteiger partial charge in [-0.05, 0) is 39.5 Å². The Balaban J connectivity index is 0.00000261. The quantitative estimate of drug-likeness (QED) is 0.269. The minimum atomic E-state index is 0. The molecule has 0 radical (unpaired) electrons. The highest BCUT2D eigenvalue weighted by Crippen LogP contribution is 2.51. The van der Waals surface area contributed by atoms with Crippen molar-refractivity contribution in [3.05, 3.63) is 12.2 Å². The monoisotopic (exact) mass is 490 g/mol. The molecule has 3 atom stereocenters. The highest BCUT2D eigenvalue weighted by atomic mass is 127. The second kappa shape index (κ2) is 9.92. The van der Waals surface area contributed by atoms with E-state index in [9.17, 15) is 0 Å². The number of aliphatic imine (C=N–C) groups is 1. The molecule has 0 spiro atoms. The summed E-state index contributed by atoms with van der Waals surface area (Å²) in [6.07, 6.45) is 5.19. The molecule has 3 fully saturated rings. The fraction of sp³-hybridized carbons (Fsp3) is 0.857. The van der Waals surface area contributed by atoms with Gasteiger partial charge in [0.25, 0.3) is 0 Å². The lowest BCUT2D eigenvalue weighted by molar-refractivity contribution is -0.188. The Kier molecular flexibility index (Phi) is 8.43. The number of nitrogens with one attached hydrogen (secondary N) is 2. The van der Waals surface area contributed by atoms with Gasteiger partial charge in [-0.15, -0.1) is 24.0 Å². The molecular formula is C21H39IN4O. The molecule has 5 nitrogen and oxygen atoms in total. The van der Waals surface area contributed by atoms with Crippen molar-refractivity contribution in [3.8, 4) is 0 Å². The first-order valence-corrected chi connectivity index (χ1v) is 10.5. The van der Waals surface area contributed by atoms with Crippen LogP contribution in [0, 0.1) is 11.3 Å². The van der Waals surface area contributed by atoms with Crippen LogP contribution in [0.3, 0.4) is 0 Å². The van der Waals surface area contributed by atoms with Crippen molar-refractivity contribution < 1.29 is 4.74 Å². The average molecular weight is 490 g/mol. The molecule has 27 heavy (non-hydrogen) atoms. The van der Waals surface area contributed by atoms with Crippen LogP contribution in [0.15, 0.2) is 17.1 Å². The first-order chi connectivity index (χ1) is 12.4. The summed E-state index contributed by atoms with van der Waals surface area (Å²) in [5, 5.41) is 7.48. The van der Waals surface area contributed by atoms with E-state index < -0.39 is 0 Å². The number of halogens is 1. The molecule has 1 aliphatic carbocycles. The predicted molar refractivity (Wildman–Crippen MR) is 124 cm³/mol. The molecule has 2 aliphatic heterocycles. The molecule has 1 saturated carbocycles. The number of hydrogen-bond acceptors (Lipinski definition) is 3. The van der Waals surface area contributed by atoms with Crippen molar-refractivity contribution in [2.75, 3.05) is 32.8 Å². The molecular weight excluding hydrogens is 451 g/mol. The van der Waals surface area contributed by atoms with Crippen LogP contribution in [0.2, 0.25) is 0 Å². The van der Waals surface area contributed by atoms with Crippen LogP contribution >= 0.6 is 24.0 Å². The van der Waals surface area contributed by atoms with Gasteiger partial charge >= 0.3 is 0 Å². The van der Waals surface area contributed by atoms with Crippen LogP contribution in [-0.4, -0.2) is 61.8 Å². The first-order valence-electron chi connectivity index (χ1n) is 10.5. The zero-order chi connectivity index (χ0) is 18.7. The average Bonchev–Trinajstić information content (AvgIpc) is 2.61. The molecule has 0 amide bonds. The molecule has 0 aromatic heterocycles. The smallest absolute Gasteiger partial charge is 0.191 e. The fourth-order valence-corrected chi connectivity index (χ4v) is 5.06. The zero-order valence-corrected chi connectivity index (χ0v) is 19.9. The highest BCUT2D eigenvalue weighted by molar-refractivity contribution is 14.0. The number of fused-ring (bicyclic) bond motifs is 1. The van der Waals surface area contributed by atoms with E-state index in [1.54, 1.807) is 0 Å². The molecule has 3 aliphatic rings. The Morgan fingerprint density at radius 1 is 1.22 bits per heavy atom. The first kappa shape index (κ1) is 22.9. The molecule has 0 aromatic carbocycles. The van der Waals surface area contributed by atoms with E-state index in [4.69, 9.17) is 9.73 Å². The van der Waals surface area contributed by atoms with Gasteiger partial charge in [0.2, 0.25) is 0 Å².